The van der Waals surface area contributed by atoms with Gasteiger partial charge in [0.15, 0.2) is 6.10 Å². The molecule has 0 saturated carbocycles. The molecule has 0 amide bonds. The highest BCUT2D eigenvalue weighted by Gasteiger charge is 2.20. The fraction of sp³-hybridized carbons (Fsp3) is 0.316. The molecular formula is C19H22O3. The molecule has 0 aromatic heterocycles. The van der Waals surface area contributed by atoms with Crippen LogP contribution in [0.25, 0.3) is 0 Å². The molecule has 0 aliphatic rings. The van der Waals surface area contributed by atoms with Gasteiger partial charge in [-0.3, -0.25) is 0 Å². The molecule has 1 N–H and O–H groups in total. The molecule has 2 rings (SSSR count). The molecule has 0 fully saturated rings. The second-order valence-corrected chi connectivity index (χ2v) is 6.41. The van der Waals surface area contributed by atoms with Crippen LogP contribution in [0.4, 0.5) is 0 Å². The van der Waals surface area contributed by atoms with Crippen molar-refractivity contribution in [1.29, 1.82) is 0 Å². The number of benzene rings is 2. The Labute approximate surface area is 131 Å². The smallest absolute Gasteiger partial charge is 0.345 e. The maximum absolute atomic E-state index is 11.4. The normalized spacial score (nSPS) is 12.7. The Kier molecular flexibility index (Phi) is 4.86. The van der Waals surface area contributed by atoms with Crippen LogP contribution in [0.15, 0.2) is 54.6 Å². The van der Waals surface area contributed by atoms with Gasteiger partial charge in [0.05, 0.1) is 0 Å². The highest BCUT2D eigenvalue weighted by Crippen LogP contribution is 2.25. The first-order valence-electron chi connectivity index (χ1n) is 7.40. The van der Waals surface area contributed by atoms with Gasteiger partial charge in [-0.05, 0) is 28.7 Å². The second kappa shape index (κ2) is 6.65. The van der Waals surface area contributed by atoms with E-state index in [1.807, 2.05) is 54.6 Å². The van der Waals surface area contributed by atoms with E-state index in [4.69, 9.17) is 4.74 Å². The van der Waals surface area contributed by atoms with E-state index in [-0.39, 0.29) is 5.41 Å². The minimum Gasteiger partial charge on any atom is -0.478 e. The number of carbonyl (C=O) groups is 1. The van der Waals surface area contributed by atoms with Gasteiger partial charge < -0.3 is 9.84 Å². The molecule has 116 valence electrons. The summed E-state index contributed by atoms with van der Waals surface area (Å²) in [5, 5.41) is 9.35. The Balaban J connectivity index is 2.10. The van der Waals surface area contributed by atoms with Crippen molar-refractivity contribution in [2.45, 2.75) is 38.7 Å². The lowest BCUT2D eigenvalue weighted by Crippen LogP contribution is -2.29. The fourth-order valence-corrected chi connectivity index (χ4v) is 2.21. The zero-order valence-corrected chi connectivity index (χ0v) is 13.2. The molecule has 3 nitrogen and oxygen atoms in total. The monoisotopic (exact) mass is 298 g/mol. The summed E-state index contributed by atoms with van der Waals surface area (Å²) in [6.07, 6.45) is -0.542. The summed E-state index contributed by atoms with van der Waals surface area (Å²) in [7, 11) is 0. The molecular weight excluding hydrogens is 276 g/mol. The van der Waals surface area contributed by atoms with Crippen LogP contribution in [0.2, 0.25) is 0 Å². The van der Waals surface area contributed by atoms with Crippen molar-refractivity contribution in [1.82, 2.24) is 0 Å². The van der Waals surface area contributed by atoms with E-state index in [0.717, 1.165) is 5.56 Å². The molecule has 1 atom stereocenters. The third-order valence-electron chi connectivity index (χ3n) is 3.54. The van der Waals surface area contributed by atoms with E-state index in [1.165, 1.54) is 5.56 Å². The van der Waals surface area contributed by atoms with Gasteiger partial charge in [0.2, 0.25) is 0 Å². The molecule has 0 radical (unpaired) electrons. The Bertz CT molecular complexity index is 609. The number of carboxylic acids is 1. The van der Waals surface area contributed by atoms with Crippen LogP contribution in [-0.2, 0) is 16.6 Å². The molecule has 0 unspecified atom stereocenters. The first-order valence-corrected chi connectivity index (χ1v) is 7.40. The van der Waals surface area contributed by atoms with E-state index >= 15 is 0 Å². The predicted octanol–water partition coefficient (Wildman–Crippen LogP) is 4.06. The lowest BCUT2D eigenvalue weighted by atomic mass is 9.87. The quantitative estimate of drug-likeness (QED) is 0.905. The SMILES string of the molecule is CC(C)(C)c1ccc(O[C@H](Cc2ccccc2)C(=O)O)cc1. The predicted molar refractivity (Wildman–Crippen MR) is 87.3 cm³/mol. The van der Waals surface area contributed by atoms with Gasteiger partial charge >= 0.3 is 5.97 Å². The number of hydrogen-bond donors (Lipinski definition) is 1. The molecule has 0 spiro atoms. The maximum Gasteiger partial charge on any atom is 0.345 e. The summed E-state index contributed by atoms with van der Waals surface area (Å²) in [5.74, 6) is -0.375. The van der Waals surface area contributed by atoms with Crippen molar-refractivity contribution in [2.24, 2.45) is 0 Å². The van der Waals surface area contributed by atoms with Crippen molar-refractivity contribution in [3.8, 4) is 5.75 Å². The average Bonchev–Trinajstić information content (AvgIpc) is 2.47. The number of hydrogen-bond acceptors (Lipinski definition) is 2. The van der Waals surface area contributed by atoms with Gasteiger partial charge in [-0.15, -0.1) is 0 Å². The average molecular weight is 298 g/mol. The number of carboxylic acid groups (broad SMARTS) is 1. The first kappa shape index (κ1) is 16.1. The van der Waals surface area contributed by atoms with Crippen LogP contribution < -0.4 is 4.74 Å². The third-order valence-corrected chi connectivity index (χ3v) is 3.54. The minimum absolute atomic E-state index is 0.0643. The summed E-state index contributed by atoms with van der Waals surface area (Å²) in [5.41, 5.74) is 2.20. The van der Waals surface area contributed by atoms with Crippen molar-refractivity contribution in [3.05, 3.63) is 65.7 Å². The maximum atomic E-state index is 11.4. The molecule has 0 saturated heterocycles. The van der Waals surface area contributed by atoms with Crippen LogP contribution in [0.1, 0.15) is 31.9 Å². The minimum atomic E-state index is -0.955. The highest BCUT2D eigenvalue weighted by atomic mass is 16.5. The molecule has 3 heteroatoms. The summed E-state index contributed by atoms with van der Waals surface area (Å²) in [4.78, 5) is 11.4. The largest absolute Gasteiger partial charge is 0.478 e. The summed E-state index contributed by atoms with van der Waals surface area (Å²) in [6.45, 7) is 6.41. The van der Waals surface area contributed by atoms with Crippen LogP contribution in [-0.4, -0.2) is 17.2 Å². The lowest BCUT2D eigenvalue weighted by molar-refractivity contribution is -0.145. The molecule has 2 aromatic rings. The van der Waals surface area contributed by atoms with Gasteiger partial charge in [0.25, 0.3) is 0 Å². The van der Waals surface area contributed by atoms with Gasteiger partial charge in [0, 0.05) is 6.42 Å². The highest BCUT2D eigenvalue weighted by molar-refractivity contribution is 5.73. The zero-order chi connectivity index (χ0) is 16.2. The molecule has 2 aromatic carbocycles. The third kappa shape index (κ3) is 4.35. The lowest BCUT2D eigenvalue weighted by Gasteiger charge is -2.20. The van der Waals surface area contributed by atoms with Crippen molar-refractivity contribution < 1.29 is 14.6 Å². The van der Waals surface area contributed by atoms with E-state index in [0.29, 0.717) is 12.2 Å². The zero-order valence-electron chi connectivity index (χ0n) is 13.2. The number of ether oxygens (including phenoxy) is 1. The van der Waals surface area contributed by atoms with Gasteiger partial charge in [-0.2, -0.15) is 0 Å². The summed E-state index contributed by atoms with van der Waals surface area (Å²) in [6, 6.07) is 17.1. The standard InChI is InChI=1S/C19H22O3/c1-19(2,3)15-9-11-16(12-10-15)22-17(18(20)21)13-14-7-5-4-6-8-14/h4-12,17H,13H2,1-3H3,(H,20,21)/t17-/m1/s1. The second-order valence-electron chi connectivity index (χ2n) is 6.41. The fourth-order valence-electron chi connectivity index (χ4n) is 2.21. The van der Waals surface area contributed by atoms with Crippen molar-refractivity contribution in [2.75, 3.05) is 0 Å². The first-order chi connectivity index (χ1) is 10.4. The molecule has 0 aliphatic carbocycles. The van der Waals surface area contributed by atoms with Crippen LogP contribution in [0.3, 0.4) is 0 Å². The number of aliphatic carboxylic acids is 1. The van der Waals surface area contributed by atoms with E-state index in [1.54, 1.807) is 0 Å². The van der Waals surface area contributed by atoms with Crippen molar-refractivity contribution in [3.63, 3.8) is 0 Å². The van der Waals surface area contributed by atoms with Gasteiger partial charge in [0.1, 0.15) is 5.75 Å². The molecule has 0 heterocycles. The Morgan fingerprint density at radius 3 is 2.14 bits per heavy atom. The van der Waals surface area contributed by atoms with Crippen molar-refractivity contribution >= 4 is 5.97 Å². The Morgan fingerprint density at radius 2 is 1.64 bits per heavy atom. The molecule has 0 bridgehead atoms. The summed E-state index contributed by atoms with van der Waals surface area (Å²) >= 11 is 0. The molecule has 22 heavy (non-hydrogen) atoms. The van der Waals surface area contributed by atoms with E-state index in [2.05, 4.69) is 20.8 Å². The topological polar surface area (TPSA) is 46.5 Å². The van der Waals surface area contributed by atoms with Crippen LogP contribution >= 0.6 is 0 Å². The Morgan fingerprint density at radius 1 is 1.05 bits per heavy atom. The molecule has 0 aliphatic heterocycles. The van der Waals surface area contributed by atoms with Gasteiger partial charge in [-0.1, -0.05) is 63.2 Å². The van der Waals surface area contributed by atoms with E-state index in [9.17, 15) is 9.90 Å². The van der Waals surface area contributed by atoms with Crippen LogP contribution in [0.5, 0.6) is 5.75 Å². The van der Waals surface area contributed by atoms with E-state index < -0.39 is 12.1 Å². The van der Waals surface area contributed by atoms with Gasteiger partial charge in [-0.25, -0.2) is 4.79 Å². The summed E-state index contributed by atoms with van der Waals surface area (Å²) < 4.78 is 5.65. The van der Waals surface area contributed by atoms with Crippen LogP contribution in [0, 0.1) is 0 Å². The Hall–Kier alpha value is -2.29. The number of rotatable bonds is 5.